The van der Waals surface area contributed by atoms with Gasteiger partial charge in [-0.2, -0.15) is 0 Å². The van der Waals surface area contributed by atoms with E-state index in [1.54, 1.807) is 29.0 Å². The van der Waals surface area contributed by atoms with E-state index >= 15 is 0 Å². The Morgan fingerprint density at radius 2 is 1.81 bits per heavy atom. The average molecular weight is 722 g/mol. The summed E-state index contributed by atoms with van der Waals surface area (Å²) in [4.78, 5) is 22.6. The van der Waals surface area contributed by atoms with E-state index in [1.807, 2.05) is 83.4 Å². The zero-order valence-corrected chi connectivity index (χ0v) is 31.7. The molecule has 2 fully saturated rings. The number of urea groups is 1. The summed E-state index contributed by atoms with van der Waals surface area (Å²) in [6.45, 7) is 8.20. The molecule has 2 aromatic carbocycles. The number of likely N-dealkylation sites (tertiary alicyclic amines) is 1. The third-order valence-corrected chi connectivity index (χ3v) is 10.4. The van der Waals surface area contributed by atoms with E-state index in [0.29, 0.717) is 54.1 Å². The average Bonchev–Trinajstić information content (AvgIpc) is 3.88. The standard InChI is InChI=1S/C41H55N9O3/c1-40(2,3)35(42)26-37(45-28-11-10-12-29(25-28)52-24-23-48(4)5)47-39(51)46-33-16-17-34(32-14-7-6-13-31(32)33)53-30-15-18-36(43)49(27-30)38(44)50-22-9-8-19-41(50)20-21-41/h6-7,10-15,18,25-27,33-34,43-44H,8-9,16-17,19-24,42H2,1-5H3,(H2,45,46,47,51)/t33-,34+/m0/s1. The van der Waals surface area contributed by atoms with E-state index < -0.39 is 6.03 Å². The number of amidine groups is 1. The van der Waals surface area contributed by atoms with Crippen molar-refractivity contribution in [3.8, 4) is 11.5 Å². The molecule has 3 aliphatic rings. The van der Waals surface area contributed by atoms with E-state index in [2.05, 4.69) is 20.4 Å². The van der Waals surface area contributed by atoms with Crippen LogP contribution in [-0.2, 0) is 0 Å². The van der Waals surface area contributed by atoms with Gasteiger partial charge in [-0.3, -0.25) is 20.7 Å². The molecule has 1 saturated heterocycles. The monoisotopic (exact) mass is 721 g/mol. The van der Waals surface area contributed by atoms with E-state index in [4.69, 9.17) is 31.0 Å². The third-order valence-electron chi connectivity index (χ3n) is 10.4. The first-order chi connectivity index (χ1) is 25.3. The van der Waals surface area contributed by atoms with Gasteiger partial charge in [0.1, 0.15) is 35.5 Å². The van der Waals surface area contributed by atoms with Crippen molar-refractivity contribution in [2.75, 3.05) is 33.8 Å². The van der Waals surface area contributed by atoms with Crippen molar-refractivity contribution in [3.05, 3.63) is 95.2 Å². The van der Waals surface area contributed by atoms with Crippen LogP contribution in [0.5, 0.6) is 11.5 Å². The van der Waals surface area contributed by atoms with Crippen molar-refractivity contribution >= 4 is 23.5 Å². The van der Waals surface area contributed by atoms with Crippen LogP contribution in [0.15, 0.2) is 83.6 Å². The van der Waals surface area contributed by atoms with Gasteiger partial charge in [0.25, 0.3) is 0 Å². The van der Waals surface area contributed by atoms with Gasteiger partial charge < -0.3 is 30.3 Å². The Balaban J connectivity index is 1.16. The number of nitrogens with one attached hydrogen (secondary N) is 4. The van der Waals surface area contributed by atoms with E-state index in [-0.39, 0.29) is 28.6 Å². The summed E-state index contributed by atoms with van der Waals surface area (Å²) in [5, 5.41) is 23.8. The number of piperidine rings is 1. The van der Waals surface area contributed by atoms with Crippen molar-refractivity contribution in [2.45, 2.75) is 83.4 Å². The number of nitrogens with two attached hydrogens (primary N) is 1. The Bertz CT molecular complexity index is 1920. The van der Waals surface area contributed by atoms with Crippen molar-refractivity contribution < 1.29 is 14.3 Å². The predicted octanol–water partition coefficient (Wildman–Crippen LogP) is 6.58. The first-order valence-corrected chi connectivity index (χ1v) is 18.7. The Morgan fingerprint density at radius 1 is 1.04 bits per heavy atom. The van der Waals surface area contributed by atoms with Gasteiger partial charge in [-0.25, -0.2) is 9.79 Å². The maximum Gasteiger partial charge on any atom is 0.320 e. The molecule has 6 rings (SSSR count). The number of rotatable bonds is 9. The number of aromatic nitrogens is 1. The molecule has 2 amide bonds. The molecule has 1 saturated carbocycles. The number of nitrogens with zero attached hydrogens (tertiary/aromatic N) is 4. The van der Waals surface area contributed by atoms with Gasteiger partial charge >= 0.3 is 6.03 Å². The number of fused-ring (bicyclic) bond motifs is 1. The van der Waals surface area contributed by atoms with Gasteiger partial charge in [-0.15, -0.1) is 0 Å². The first kappa shape index (κ1) is 37.7. The number of hydrogen-bond donors (Lipinski definition) is 5. The van der Waals surface area contributed by atoms with Crippen molar-refractivity contribution in [1.82, 2.24) is 25.0 Å². The van der Waals surface area contributed by atoms with Gasteiger partial charge in [-0.1, -0.05) is 51.1 Å². The summed E-state index contributed by atoms with van der Waals surface area (Å²) in [5.41, 5.74) is 9.65. The molecular weight excluding hydrogens is 667 g/mol. The SMILES string of the molecule is CN(C)CCOc1cccc(N=C(C=C(N)C(C)(C)C)NC(=O)N[C@H]2CC[C@@H](Oc3ccc(=N)n(C(=N)N4CCCCC45CC5)c3)c3ccccc32)c1. The number of pyridine rings is 1. The molecule has 3 aromatic rings. The molecule has 53 heavy (non-hydrogen) atoms. The molecule has 2 atom stereocenters. The van der Waals surface area contributed by atoms with Gasteiger partial charge in [0, 0.05) is 41.9 Å². The van der Waals surface area contributed by atoms with E-state index in [1.165, 1.54) is 6.42 Å². The number of carbonyl (C=O) groups excluding carboxylic acids is 1. The van der Waals surface area contributed by atoms with Crippen molar-refractivity contribution in [1.29, 1.82) is 10.8 Å². The Kier molecular flexibility index (Phi) is 11.3. The minimum absolute atomic E-state index is 0.0933. The Hall–Kier alpha value is -5.10. The van der Waals surface area contributed by atoms with Crippen LogP contribution in [0.25, 0.3) is 0 Å². The maximum absolute atomic E-state index is 13.6. The molecule has 2 aliphatic carbocycles. The van der Waals surface area contributed by atoms with Crippen LogP contribution in [-0.4, -0.2) is 71.5 Å². The second kappa shape index (κ2) is 15.9. The summed E-state index contributed by atoms with van der Waals surface area (Å²) >= 11 is 0. The lowest BCUT2D eigenvalue weighted by Crippen LogP contribution is -2.50. The van der Waals surface area contributed by atoms with Gasteiger partial charge in [0.2, 0.25) is 5.96 Å². The van der Waals surface area contributed by atoms with Crippen LogP contribution < -0.4 is 31.3 Å². The highest BCUT2D eigenvalue weighted by Gasteiger charge is 2.50. The van der Waals surface area contributed by atoms with Crippen LogP contribution in [0, 0.1) is 16.2 Å². The van der Waals surface area contributed by atoms with Crippen LogP contribution >= 0.6 is 0 Å². The van der Waals surface area contributed by atoms with Crippen LogP contribution in [0.4, 0.5) is 10.5 Å². The lowest BCUT2D eigenvalue weighted by atomic mass is 9.85. The van der Waals surface area contributed by atoms with Gasteiger partial charge in [0.05, 0.1) is 17.9 Å². The number of ether oxygens (including phenoxy) is 2. The van der Waals surface area contributed by atoms with Crippen LogP contribution in [0.1, 0.15) is 89.0 Å². The Morgan fingerprint density at radius 3 is 2.55 bits per heavy atom. The minimum atomic E-state index is -0.393. The number of carbonyl (C=O) groups is 1. The number of aliphatic imine (C=N–C) groups is 1. The molecule has 0 radical (unpaired) electrons. The minimum Gasteiger partial charge on any atom is -0.492 e. The Labute approximate surface area is 313 Å². The largest absolute Gasteiger partial charge is 0.492 e. The highest BCUT2D eigenvalue weighted by molar-refractivity contribution is 6.05. The maximum atomic E-state index is 13.6. The molecule has 0 bridgehead atoms. The lowest BCUT2D eigenvalue weighted by molar-refractivity contribution is 0.170. The fourth-order valence-electron chi connectivity index (χ4n) is 7.03. The second-order valence-electron chi connectivity index (χ2n) is 15.7. The second-order valence-corrected chi connectivity index (χ2v) is 15.7. The summed E-state index contributed by atoms with van der Waals surface area (Å²) in [5.74, 6) is 1.96. The number of benzene rings is 2. The van der Waals surface area contributed by atoms with Gasteiger partial charge in [0.15, 0.2) is 0 Å². The molecule has 12 heteroatoms. The summed E-state index contributed by atoms with van der Waals surface area (Å²) < 4.78 is 14.1. The highest BCUT2D eigenvalue weighted by Crippen LogP contribution is 2.48. The lowest BCUT2D eigenvalue weighted by Gasteiger charge is -2.38. The quantitative estimate of drug-likeness (QED) is 0.124. The molecule has 12 nitrogen and oxygen atoms in total. The van der Waals surface area contributed by atoms with Gasteiger partial charge in [-0.05, 0) is 94.4 Å². The molecular formula is C41H55N9O3. The zero-order chi connectivity index (χ0) is 37.8. The molecule has 6 N–H and O–H groups in total. The summed E-state index contributed by atoms with van der Waals surface area (Å²) in [6.07, 6.45) is 10.1. The van der Waals surface area contributed by atoms with Crippen LogP contribution in [0.3, 0.4) is 0 Å². The topological polar surface area (TPSA) is 157 Å². The van der Waals surface area contributed by atoms with E-state index in [9.17, 15) is 4.79 Å². The van der Waals surface area contributed by atoms with Crippen molar-refractivity contribution in [2.24, 2.45) is 16.1 Å². The number of hydrogen-bond acceptors (Lipinski definition) is 8. The van der Waals surface area contributed by atoms with Crippen LogP contribution in [0.2, 0.25) is 0 Å². The first-order valence-electron chi connectivity index (χ1n) is 18.7. The number of allylic oxidation sites excluding steroid dienone is 1. The predicted molar refractivity (Wildman–Crippen MR) is 209 cm³/mol. The molecule has 282 valence electrons. The highest BCUT2D eigenvalue weighted by atomic mass is 16.5. The van der Waals surface area contributed by atoms with Crippen molar-refractivity contribution in [3.63, 3.8) is 0 Å². The normalized spacial score (nSPS) is 19.8. The smallest absolute Gasteiger partial charge is 0.320 e. The molecule has 1 aromatic heterocycles. The molecule has 2 heterocycles. The fourth-order valence-corrected chi connectivity index (χ4v) is 7.03. The molecule has 1 aliphatic heterocycles. The summed E-state index contributed by atoms with van der Waals surface area (Å²) in [6, 6.07) is 18.3. The molecule has 0 unspecified atom stereocenters. The number of amides is 2. The number of likely N-dealkylation sites (N-methyl/N-ethyl adjacent to an activating group) is 1. The zero-order valence-electron chi connectivity index (χ0n) is 31.7. The third kappa shape index (κ3) is 9.29. The fraction of sp³-hybridized carbons (Fsp3) is 0.463. The summed E-state index contributed by atoms with van der Waals surface area (Å²) in [7, 11) is 4.00. The molecule has 1 spiro atoms. The van der Waals surface area contributed by atoms with E-state index in [0.717, 1.165) is 49.9 Å².